The maximum atomic E-state index is 11.9. The lowest BCUT2D eigenvalue weighted by atomic mass is 10.2. The molecule has 96 valence electrons. The number of benzene rings is 1. The molecule has 0 radical (unpaired) electrons. The summed E-state index contributed by atoms with van der Waals surface area (Å²) in [4.78, 5) is 15.8. The summed E-state index contributed by atoms with van der Waals surface area (Å²) in [5.74, 6) is 5.90. The first-order valence-electron chi connectivity index (χ1n) is 5.55. The Morgan fingerprint density at radius 1 is 1.37 bits per heavy atom. The molecule has 19 heavy (non-hydrogen) atoms. The fraction of sp³-hybridized carbons (Fsp3) is 0.143. The van der Waals surface area contributed by atoms with Crippen molar-refractivity contribution in [3.63, 3.8) is 0 Å². The average Bonchev–Trinajstić information content (AvgIpc) is 2.43. The minimum Gasteiger partial charge on any atom is -0.489 e. The molecule has 0 spiro atoms. The Labute approximate surface area is 115 Å². The van der Waals surface area contributed by atoms with E-state index in [-0.39, 0.29) is 23.0 Å². The molecule has 0 saturated heterocycles. The predicted molar refractivity (Wildman–Crippen MR) is 73.4 cm³/mol. The Kier molecular flexibility index (Phi) is 4.22. The fourth-order valence-electron chi connectivity index (χ4n) is 1.48. The molecule has 2 aromatic rings. The second-order valence-electron chi connectivity index (χ2n) is 3.67. The molecular weight excluding hydrogens is 264 g/mol. The van der Waals surface area contributed by atoms with Crippen LogP contribution in [0.4, 0.5) is 0 Å². The molecule has 0 bridgehead atoms. The van der Waals surface area contributed by atoms with Gasteiger partial charge in [0, 0.05) is 5.56 Å². The maximum Gasteiger partial charge on any atom is 0.298 e. The molecule has 5 heteroatoms. The molecule has 1 heterocycles. The third-order valence-electron chi connectivity index (χ3n) is 2.41. The summed E-state index contributed by atoms with van der Waals surface area (Å²) < 4.78 is 6.25. The summed E-state index contributed by atoms with van der Waals surface area (Å²) >= 11 is 5.75. The zero-order valence-electron chi connectivity index (χ0n) is 10.3. The molecule has 0 aliphatic rings. The van der Waals surface area contributed by atoms with Gasteiger partial charge in [-0.2, -0.15) is 0 Å². The molecular formula is C14H11ClN2O2. The van der Waals surface area contributed by atoms with Crippen molar-refractivity contribution < 1.29 is 4.74 Å². The first kappa shape index (κ1) is 13.2. The summed E-state index contributed by atoms with van der Waals surface area (Å²) in [6.45, 7) is 0.230. The summed E-state index contributed by atoms with van der Waals surface area (Å²) in [6.07, 6.45) is 1.35. The molecule has 0 amide bonds. The van der Waals surface area contributed by atoms with Crippen molar-refractivity contribution in [1.82, 2.24) is 9.55 Å². The van der Waals surface area contributed by atoms with Crippen molar-refractivity contribution in [2.75, 3.05) is 7.11 Å². The Morgan fingerprint density at radius 3 is 2.79 bits per heavy atom. The largest absolute Gasteiger partial charge is 0.489 e. The van der Waals surface area contributed by atoms with Gasteiger partial charge in [-0.05, 0) is 12.1 Å². The Bertz CT molecular complexity index is 684. The molecule has 0 atom stereocenters. The summed E-state index contributed by atoms with van der Waals surface area (Å²) in [5, 5.41) is 0.0553. The van der Waals surface area contributed by atoms with E-state index in [9.17, 15) is 4.79 Å². The van der Waals surface area contributed by atoms with Gasteiger partial charge in [0.25, 0.3) is 5.56 Å². The van der Waals surface area contributed by atoms with E-state index in [2.05, 4.69) is 16.8 Å². The third kappa shape index (κ3) is 3.15. The van der Waals surface area contributed by atoms with Crippen LogP contribution in [0.25, 0.3) is 0 Å². The predicted octanol–water partition coefficient (Wildman–Crippen LogP) is 1.96. The lowest BCUT2D eigenvalue weighted by molar-refractivity contribution is 0.401. The topological polar surface area (TPSA) is 44.1 Å². The Hall–Kier alpha value is -2.25. The quantitative estimate of drug-likeness (QED) is 0.621. The van der Waals surface area contributed by atoms with Crippen LogP contribution >= 0.6 is 11.6 Å². The SMILES string of the molecule is COc1c(Cl)ncn(CC#Cc2ccccc2)c1=O. The minimum absolute atomic E-state index is 0.0330. The van der Waals surface area contributed by atoms with Crippen LogP contribution in [0, 0.1) is 11.8 Å². The van der Waals surface area contributed by atoms with Crippen LogP contribution in [0.15, 0.2) is 41.5 Å². The van der Waals surface area contributed by atoms with E-state index in [0.29, 0.717) is 0 Å². The van der Waals surface area contributed by atoms with E-state index in [1.807, 2.05) is 30.3 Å². The third-order valence-corrected chi connectivity index (χ3v) is 2.68. The van der Waals surface area contributed by atoms with Gasteiger partial charge in [-0.1, -0.05) is 41.6 Å². The van der Waals surface area contributed by atoms with Gasteiger partial charge in [0.05, 0.1) is 13.7 Å². The number of hydrogen-bond donors (Lipinski definition) is 0. The van der Waals surface area contributed by atoms with Gasteiger partial charge in [0.15, 0.2) is 5.15 Å². The molecule has 0 N–H and O–H groups in total. The number of ether oxygens (including phenoxy) is 1. The second-order valence-corrected chi connectivity index (χ2v) is 4.03. The highest BCUT2D eigenvalue weighted by atomic mass is 35.5. The van der Waals surface area contributed by atoms with Crippen LogP contribution in [0.3, 0.4) is 0 Å². The highest BCUT2D eigenvalue weighted by Gasteiger charge is 2.09. The van der Waals surface area contributed by atoms with Crippen LogP contribution < -0.4 is 10.3 Å². The van der Waals surface area contributed by atoms with Crippen molar-refractivity contribution in [2.24, 2.45) is 0 Å². The number of aromatic nitrogens is 2. The van der Waals surface area contributed by atoms with E-state index in [1.165, 1.54) is 18.0 Å². The maximum absolute atomic E-state index is 11.9. The standard InChI is InChI=1S/C14H11ClN2O2/c1-19-12-13(15)16-10-17(14(12)18)9-5-8-11-6-3-2-4-7-11/h2-4,6-7,10H,9H2,1H3. The number of hydrogen-bond acceptors (Lipinski definition) is 3. The smallest absolute Gasteiger partial charge is 0.298 e. The highest BCUT2D eigenvalue weighted by Crippen LogP contribution is 2.14. The van der Waals surface area contributed by atoms with Crippen molar-refractivity contribution >= 4 is 11.6 Å². The number of methoxy groups -OCH3 is 1. The molecule has 4 nitrogen and oxygen atoms in total. The van der Waals surface area contributed by atoms with E-state index in [1.54, 1.807) is 0 Å². The zero-order valence-corrected chi connectivity index (χ0v) is 11.0. The number of halogens is 1. The summed E-state index contributed by atoms with van der Waals surface area (Å²) in [5.41, 5.74) is 0.550. The normalized spacial score (nSPS) is 9.58. The molecule has 0 aliphatic heterocycles. The molecule has 2 rings (SSSR count). The van der Waals surface area contributed by atoms with Gasteiger partial charge >= 0.3 is 0 Å². The zero-order chi connectivity index (χ0) is 13.7. The Balaban J connectivity index is 2.22. The summed E-state index contributed by atoms with van der Waals surface area (Å²) in [7, 11) is 1.38. The van der Waals surface area contributed by atoms with Gasteiger partial charge in [-0.15, -0.1) is 0 Å². The lowest BCUT2D eigenvalue weighted by Crippen LogP contribution is -2.21. The van der Waals surface area contributed by atoms with Gasteiger partial charge in [-0.25, -0.2) is 4.98 Å². The van der Waals surface area contributed by atoms with E-state index in [4.69, 9.17) is 16.3 Å². The highest BCUT2D eigenvalue weighted by molar-refractivity contribution is 6.30. The van der Waals surface area contributed by atoms with Crippen LogP contribution in [0.5, 0.6) is 5.75 Å². The number of nitrogens with zero attached hydrogens (tertiary/aromatic N) is 2. The number of rotatable bonds is 2. The van der Waals surface area contributed by atoms with E-state index < -0.39 is 0 Å². The molecule has 0 saturated carbocycles. The van der Waals surface area contributed by atoms with Crippen molar-refractivity contribution in [2.45, 2.75) is 6.54 Å². The molecule has 1 aromatic carbocycles. The monoisotopic (exact) mass is 274 g/mol. The van der Waals surface area contributed by atoms with Crippen LogP contribution in [-0.2, 0) is 6.54 Å². The first-order valence-corrected chi connectivity index (χ1v) is 5.93. The molecule has 0 unspecified atom stereocenters. The fourth-order valence-corrected chi connectivity index (χ4v) is 1.68. The molecule has 0 aliphatic carbocycles. The van der Waals surface area contributed by atoms with Gasteiger partial charge in [0.2, 0.25) is 5.75 Å². The summed E-state index contributed by atoms with van der Waals surface area (Å²) in [6, 6.07) is 9.53. The van der Waals surface area contributed by atoms with E-state index in [0.717, 1.165) is 5.56 Å². The van der Waals surface area contributed by atoms with Gasteiger partial charge in [0.1, 0.15) is 6.33 Å². The Morgan fingerprint density at radius 2 is 2.11 bits per heavy atom. The van der Waals surface area contributed by atoms with Crippen molar-refractivity contribution in [3.05, 3.63) is 57.7 Å². The van der Waals surface area contributed by atoms with Crippen LogP contribution in [0.2, 0.25) is 5.15 Å². The first-order chi connectivity index (χ1) is 9.22. The second kappa shape index (κ2) is 6.07. The lowest BCUT2D eigenvalue weighted by Gasteiger charge is -2.04. The molecule has 0 fully saturated rings. The minimum atomic E-state index is -0.343. The average molecular weight is 275 g/mol. The molecule has 1 aromatic heterocycles. The van der Waals surface area contributed by atoms with Crippen LogP contribution in [-0.4, -0.2) is 16.7 Å². The van der Waals surface area contributed by atoms with Crippen LogP contribution in [0.1, 0.15) is 5.56 Å². The van der Waals surface area contributed by atoms with Crippen molar-refractivity contribution in [1.29, 1.82) is 0 Å². The van der Waals surface area contributed by atoms with E-state index >= 15 is 0 Å². The van der Waals surface area contributed by atoms with Gasteiger partial charge < -0.3 is 4.74 Å². The van der Waals surface area contributed by atoms with Gasteiger partial charge in [-0.3, -0.25) is 9.36 Å². The van der Waals surface area contributed by atoms with Crippen molar-refractivity contribution in [3.8, 4) is 17.6 Å².